The monoisotopic (exact) mass is 473 g/mol. The molecule has 0 unspecified atom stereocenters. The number of para-hydroxylation sites is 1. The minimum atomic E-state index is -0.107. The van der Waals surface area contributed by atoms with E-state index >= 15 is 0 Å². The Labute approximate surface area is 206 Å². The second-order valence-electron chi connectivity index (χ2n) is 7.84. The van der Waals surface area contributed by atoms with E-state index in [1.807, 2.05) is 68.5 Å². The molecule has 0 amide bonds. The first-order chi connectivity index (χ1) is 16.9. The predicted molar refractivity (Wildman–Crippen MR) is 141 cm³/mol. The Hall–Kier alpha value is -4.19. The van der Waals surface area contributed by atoms with Crippen molar-refractivity contribution in [2.24, 2.45) is 0 Å². The van der Waals surface area contributed by atoms with Crippen molar-refractivity contribution in [3.8, 4) is 23.0 Å². The van der Waals surface area contributed by atoms with Gasteiger partial charge in [0.25, 0.3) is 0 Å². The molecule has 0 saturated heterocycles. The van der Waals surface area contributed by atoms with Crippen molar-refractivity contribution in [2.45, 2.75) is 13.8 Å². The van der Waals surface area contributed by atoms with Gasteiger partial charge in [-0.1, -0.05) is 30.4 Å². The molecule has 35 heavy (non-hydrogen) atoms. The van der Waals surface area contributed by atoms with Gasteiger partial charge in [0.2, 0.25) is 5.75 Å². The molecule has 1 N–H and O–H groups in total. The normalized spacial score (nSPS) is 11.0. The molecule has 0 bridgehead atoms. The van der Waals surface area contributed by atoms with Crippen molar-refractivity contribution in [1.29, 1.82) is 0 Å². The average molecular weight is 474 g/mol. The molecule has 0 spiro atoms. The van der Waals surface area contributed by atoms with Crippen LogP contribution in [0.25, 0.3) is 12.2 Å². The fourth-order valence-electron chi connectivity index (χ4n) is 3.64. The summed E-state index contributed by atoms with van der Waals surface area (Å²) in [5, 5.41) is 3.21. The summed E-state index contributed by atoms with van der Waals surface area (Å²) in [7, 11) is 6.36. The van der Waals surface area contributed by atoms with Crippen LogP contribution in [-0.2, 0) is 0 Å². The minimum absolute atomic E-state index is 0.107. The van der Waals surface area contributed by atoms with Gasteiger partial charge < -0.3 is 24.3 Å². The SMILES string of the molecule is COc1cc(C(=O)/C=C\Nc2ccccc2/C=C\c2cc(OC)c(OC)c(OC)c2)cc(C)c1C. The van der Waals surface area contributed by atoms with E-state index in [-0.39, 0.29) is 5.78 Å². The third kappa shape index (κ3) is 6.03. The van der Waals surface area contributed by atoms with Crippen molar-refractivity contribution in [3.63, 3.8) is 0 Å². The Balaban J connectivity index is 1.79. The fraction of sp³-hybridized carbons (Fsp3) is 0.207. The van der Waals surface area contributed by atoms with Crippen molar-refractivity contribution >= 4 is 23.6 Å². The van der Waals surface area contributed by atoms with Crippen molar-refractivity contribution in [2.75, 3.05) is 33.8 Å². The first kappa shape index (κ1) is 25.4. The van der Waals surface area contributed by atoms with Crippen LogP contribution in [0.3, 0.4) is 0 Å². The van der Waals surface area contributed by atoms with E-state index in [0.29, 0.717) is 28.6 Å². The van der Waals surface area contributed by atoms with E-state index < -0.39 is 0 Å². The molecular weight excluding hydrogens is 442 g/mol. The van der Waals surface area contributed by atoms with Crippen LogP contribution in [0.2, 0.25) is 0 Å². The van der Waals surface area contributed by atoms with Gasteiger partial charge in [0.15, 0.2) is 17.3 Å². The molecule has 182 valence electrons. The Morgan fingerprint density at radius 3 is 2.09 bits per heavy atom. The smallest absolute Gasteiger partial charge is 0.203 e. The van der Waals surface area contributed by atoms with Gasteiger partial charge >= 0.3 is 0 Å². The molecule has 0 saturated carbocycles. The second-order valence-corrected chi connectivity index (χ2v) is 7.84. The number of carbonyl (C=O) groups is 1. The van der Waals surface area contributed by atoms with Crippen LogP contribution in [0.15, 0.2) is 60.8 Å². The summed E-state index contributed by atoms with van der Waals surface area (Å²) in [5.41, 5.74) is 5.32. The Morgan fingerprint density at radius 2 is 1.46 bits per heavy atom. The Bertz CT molecular complexity index is 1230. The van der Waals surface area contributed by atoms with Crippen LogP contribution >= 0.6 is 0 Å². The van der Waals surface area contributed by atoms with Gasteiger partial charge in [-0.2, -0.15) is 0 Å². The van der Waals surface area contributed by atoms with Crippen LogP contribution in [0, 0.1) is 13.8 Å². The number of ketones is 1. The van der Waals surface area contributed by atoms with Gasteiger partial charge in [0.05, 0.1) is 28.4 Å². The highest BCUT2D eigenvalue weighted by atomic mass is 16.5. The first-order valence-electron chi connectivity index (χ1n) is 11.1. The second kappa shape index (κ2) is 11.8. The van der Waals surface area contributed by atoms with E-state index in [0.717, 1.165) is 27.9 Å². The molecule has 0 aliphatic carbocycles. The average Bonchev–Trinajstić information content (AvgIpc) is 2.88. The summed E-state index contributed by atoms with van der Waals surface area (Å²) >= 11 is 0. The van der Waals surface area contributed by atoms with Crippen LogP contribution in [0.4, 0.5) is 5.69 Å². The van der Waals surface area contributed by atoms with Crippen molar-refractivity contribution in [3.05, 3.63) is 88.6 Å². The van der Waals surface area contributed by atoms with E-state index in [9.17, 15) is 4.79 Å². The quantitative estimate of drug-likeness (QED) is 0.211. The number of anilines is 1. The maximum absolute atomic E-state index is 12.7. The molecule has 6 nitrogen and oxygen atoms in total. The van der Waals surface area contributed by atoms with Gasteiger partial charge in [-0.3, -0.25) is 4.79 Å². The number of methoxy groups -OCH3 is 4. The number of aryl methyl sites for hydroxylation is 1. The van der Waals surface area contributed by atoms with Gasteiger partial charge in [-0.05, 0) is 66.4 Å². The fourth-order valence-corrected chi connectivity index (χ4v) is 3.64. The van der Waals surface area contributed by atoms with Crippen LogP contribution in [0.5, 0.6) is 23.0 Å². The van der Waals surface area contributed by atoms with E-state index in [1.165, 1.54) is 6.08 Å². The van der Waals surface area contributed by atoms with Gasteiger partial charge in [-0.25, -0.2) is 0 Å². The number of ether oxygens (including phenoxy) is 4. The summed E-state index contributed by atoms with van der Waals surface area (Å²) in [5.74, 6) is 2.32. The molecule has 3 aromatic rings. The molecular formula is C29H31NO5. The molecule has 6 heteroatoms. The molecule has 0 heterocycles. The summed E-state index contributed by atoms with van der Waals surface area (Å²) in [6.45, 7) is 3.94. The maximum Gasteiger partial charge on any atom is 0.203 e. The standard InChI is InChI=1S/C29H31NO5/c1-19-15-23(18-26(32-3)20(19)2)25(31)13-14-30-24-10-8-7-9-22(24)12-11-21-16-27(33-4)29(35-6)28(17-21)34-5/h7-18,30H,1-6H3/b12-11-,14-13-. The maximum atomic E-state index is 12.7. The third-order valence-corrected chi connectivity index (χ3v) is 5.70. The zero-order valence-corrected chi connectivity index (χ0v) is 21.0. The number of allylic oxidation sites excluding steroid dienone is 1. The lowest BCUT2D eigenvalue weighted by molar-refractivity contribution is 0.104. The van der Waals surface area contributed by atoms with Gasteiger partial charge in [-0.15, -0.1) is 0 Å². The highest BCUT2D eigenvalue weighted by molar-refractivity contribution is 6.05. The summed E-state index contributed by atoms with van der Waals surface area (Å²) < 4.78 is 21.6. The number of rotatable bonds is 10. The first-order valence-corrected chi connectivity index (χ1v) is 11.1. The zero-order chi connectivity index (χ0) is 25.4. The summed E-state index contributed by atoms with van der Waals surface area (Å²) in [6, 6.07) is 15.2. The molecule has 3 rings (SSSR count). The zero-order valence-electron chi connectivity index (χ0n) is 21.0. The largest absolute Gasteiger partial charge is 0.496 e. The predicted octanol–water partition coefficient (Wildman–Crippen LogP) is 6.32. The van der Waals surface area contributed by atoms with Gasteiger partial charge in [0, 0.05) is 23.5 Å². The van der Waals surface area contributed by atoms with E-state index in [2.05, 4.69) is 5.32 Å². The van der Waals surface area contributed by atoms with Gasteiger partial charge in [0.1, 0.15) is 5.75 Å². The number of carbonyl (C=O) groups excluding carboxylic acids is 1. The summed E-state index contributed by atoms with van der Waals surface area (Å²) in [4.78, 5) is 12.7. The minimum Gasteiger partial charge on any atom is -0.496 e. The van der Waals surface area contributed by atoms with E-state index in [1.54, 1.807) is 40.7 Å². The molecule has 0 fully saturated rings. The lowest BCUT2D eigenvalue weighted by Crippen LogP contribution is -2.00. The van der Waals surface area contributed by atoms with Crippen LogP contribution in [0.1, 0.15) is 32.6 Å². The highest BCUT2D eigenvalue weighted by Gasteiger charge is 2.12. The number of hydrogen-bond donors (Lipinski definition) is 1. The highest BCUT2D eigenvalue weighted by Crippen LogP contribution is 2.38. The number of hydrogen-bond acceptors (Lipinski definition) is 6. The molecule has 0 aliphatic rings. The van der Waals surface area contributed by atoms with Crippen molar-refractivity contribution < 1.29 is 23.7 Å². The lowest BCUT2D eigenvalue weighted by atomic mass is 10.0. The molecule has 3 aromatic carbocycles. The van der Waals surface area contributed by atoms with Crippen LogP contribution < -0.4 is 24.3 Å². The lowest BCUT2D eigenvalue weighted by Gasteiger charge is -2.13. The summed E-state index contributed by atoms with van der Waals surface area (Å²) in [6.07, 6.45) is 7.10. The van der Waals surface area contributed by atoms with E-state index in [4.69, 9.17) is 18.9 Å². The Kier molecular flexibility index (Phi) is 8.57. The molecule has 0 aliphatic heterocycles. The Morgan fingerprint density at radius 1 is 0.800 bits per heavy atom. The number of nitrogens with one attached hydrogen (secondary N) is 1. The molecule has 0 radical (unpaired) electrons. The number of benzene rings is 3. The third-order valence-electron chi connectivity index (χ3n) is 5.70. The molecule has 0 atom stereocenters. The van der Waals surface area contributed by atoms with Crippen molar-refractivity contribution in [1.82, 2.24) is 0 Å². The molecule has 0 aromatic heterocycles. The topological polar surface area (TPSA) is 66.0 Å². The van der Waals surface area contributed by atoms with Crippen LogP contribution in [-0.4, -0.2) is 34.2 Å².